The van der Waals surface area contributed by atoms with Gasteiger partial charge in [0.25, 0.3) is 0 Å². The van der Waals surface area contributed by atoms with Gasteiger partial charge in [-0.05, 0) is 56.3 Å². The first-order valence-corrected chi connectivity index (χ1v) is 17.8. The fourth-order valence-electron chi connectivity index (χ4n) is 7.33. The molecule has 2 heterocycles. The highest BCUT2D eigenvalue weighted by atomic mass is 16.3. The minimum absolute atomic E-state index is 0.558. The van der Waals surface area contributed by atoms with Gasteiger partial charge in [-0.1, -0.05) is 176 Å². The van der Waals surface area contributed by atoms with Crippen LogP contribution in [0.1, 0.15) is 0 Å². The summed E-state index contributed by atoms with van der Waals surface area (Å²) < 4.78 is 6.49. The molecule has 4 heteroatoms. The zero-order chi connectivity index (χ0) is 35.1. The molecule has 10 rings (SSSR count). The Morgan fingerprint density at radius 2 is 0.830 bits per heavy atom. The molecule has 0 N–H and O–H groups in total. The minimum atomic E-state index is 0.558. The Balaban J connectivity index is 1.16. The third-order valence-electron chi connectivity index (χ3n) is 9.99. The zero-order valence-electron chi connectivity index (χ0n) is 28.6. The molecule has 8 aromatic carbocycles. The zero-order valence-corrected chi connectivity index (χ0v) is 28.6. The molecule has 0 aliphatic carbocycles. The molecule has 0 amide bonds. The molecule has 0 aliphatic rings. The maximum absolute atomic E-state index is 6.49. The van der Waals surface area contributed by atoms with Crippen LogP contribution in [-0.4, -0.2) is 15.0 Å². The molecule has 2 aromatic heterocycles. The van der Waals surface area contributed by atoms with Gasteiger partial charge in [0.15, 0.2) is 17.5 Å². The lowest BCUT2D eigenvalue weighted by Gasteiger charge is -2.15. The van der Waals surface area contributed by atoms with E-state index in [0.29, 0.717) is 17.5 Å². The van der Waals surface area contributed by atoms with E-state index in [2.05, 4.69) is 146 Å². The molecule has 0 fully saturated rings. The largest absolute Gasteiger partial charge is 0.455 e. The van der Waals surface area contributed by atoms with E-state index in [4.69, 9.17) is 19.4 Å². The van der Waals surface area contributed by atoms with Crippen molar-refractivity contribution in [2.45, 2.75) is 0 Å². The number of hydrogen-bond acceptors (Lipinski definition) is 4. The summed E-state index contributed by atoms with van der Waals surface area (Å²) in [7, 11) is 0. The first kappa shape index (κ1) is 30.6. The molecule has 4 nitrogen and oxygen atoms in total. The van der Waals surface area contributed by atoms with Crippen molar-refractivity contribution in [2.75, 3.05) is 0 Å². The summed E-state index contributed by atoms with van der Waals surface area (Å²) in [6.45, 7) is 0. The second-order valence-electron chi connectivity index (χ2n) is 13.2. The Hall–Kier alpha value is -7.17. The molecule has 0 radical (unpaired) electrons. The van der Waals surface area contributed by atoms with Gasteiger partial charge in [-0.3, -0.25) is 0 Å². The molecule has 0 saturated heterocycles. The molecule has 0 bridgehead atoms. The average molecular weight is 678 g/mol. The van der Waals surface area contributed by atoms with Crippen LogP contribution in [0.3, 0.4) is 0 Å². The molecule has 248 valence electrons. The smallest absolute Gasteiger partial charge is 0.167 e. The van der Waals surface area contributed by atoms with Crippen LogP contribution >= 0.6 is 0 Å². The molecule has 0 atom stereocenters. The number of furan rings is 1. The molecular formula is C49H31N3O. The van der Waals surface area contributed by atoms with Crippen molar-refractivity contribution in [3.63, 3.8) is 0 Å². The first-order chi connectivity index (χ1) is 26.3. The van der Waals surface area contributed by atoms with Crippen LogP contribution in [0.25, 0.3) is 100 Å². The molecule has 0 saturated carbocycles. The van der Waals surface area contributed by atoms with Crippen LogP contribution in [0.15, 0.2) is 192 Å². The van der Waals surface area contributed by atoms with Crippen molar-refractivity contribution in [2.24, 2.45) is 0 Å². The van der Waals surface area contributed by atoms with Crippen LogP contribution < -0.4 is 0 Å². The van der Waals surface area contributed by atoms with Crippen LogP contribution in [0, 0.1) is 0 Å². The lowest BCUT2D eigenvalue weighted by Crippen LogP contribution is -2.02. The summed E-state index contributed by atoms with van der Waals surface area (Å²) in [5.41, 5.74) is 11.1. The number of hydrogen-bond donors (Lipinski definition) is 0. The third-order valence-corrected chi connectivity index (χ3v) is 9.99. The number of fused-ring (bicyclic) bond motifs is 4. The van der Waals surface area contributed by atoms with Gasteiger partial charge >= 0.3 is 0 Å². The predicted octanol–water partition coefficient (Wildman–Crippen LogP) is 12.9. The first-order valence-electron chi connectivity index (χ1n) is 17.8. The maximum atomic E-state index is 6.49. The Bertz CT molecular complexity index is 2910. The van der Waals surface area contributed by atoms with E-state index in [0.717, 1.165) is 71.7 Å². The monoisotopic (exact) mass is 677 g/mol. The van der Waals surface area contributed by atoms with E-state index in [-0.39, 0.29) is 0 Å². The minimum Gasteiger partial charge on any atom is -0.455 e. The van der Waals surface area contributed by atoms with E-state index >= 15 is 0 Å². The number of para-hydroxylation sites is 2. The van der Waals surface area contributed by atoms with Crippen LogP contribution in [0.5, 0.6) is 0 Å². The Labute approximate surface area is 306 Å². The second-order valence-corrected chi connectivity index (χ2v) is 13.2. The molecule has 53 heavy (non-hydrogen) atoms. The predicted molar refractivity (Wildman–Crippen MR) is 217 cm³/mol. The van der Waals surface area contributed by atoms with E-state index < -0.39 is 0 Å². The Morgan fingerprint density at radius 1 is 0.302 bits per heavy atom. The summed E-state index contributed by atoms with van der Waals surface area (Å²) in [5, 5.41) is 4.28. The molecule has 10 aromatic rings. The highest BCUT2D eigenvalue weighted by molar-refractivity contribution is 6.09. The topological polar surface area (TPSA) is 51.8 Å². The van der Waals surface area contributed by atoms with Gasteiger partial charge in [-0.15, -0.1) is 0 Å². The normalized spacial score (nSPS) is 11.4. The summed E-state index contributed by atoms with van der Waals surface area (Å²) in [6, 6.07) is 65.2. The highest BCUT2D eigenvalue weighted by Gasteiger charge is 2.21. The van der Waals surface area contributed by atoms with Gasteiger partial charge in [0.1, 0.15) is 11.2 Å². The Morgan fingerprint density at radius 3 is 1.55 bits per heavy atom. The van der Waals surface area contributed by atoms with E-state index in [1.807, 2.05) is 42.5 Å². The maximum Gasteiger partial charge on any atom is 0.167 e. The Kier molecular flexibility index (Phi) is 7.43. The van der Waals surface area contributed by atoms with Gasteiger partial charge < -0.3 is 4.42 Å². The second kappa shape index (κ2) is 12.9. The van der Waals surface area contributed by atoms with Gasteiger partial charge in [-0.2, -0.15) is 0 Å². The van der Waals surface area contributed by atoms with E-state index in [1.54, 1.807) is 0 Å². The van der Waals surface area contributed by atoms with Crippen molar-refractivity contribution in [3.8, 4) is 67.5 Å². The van der Waals surface area contributed by atoms with Crippen molar-refractivity contribution >= 4 is 32.7 Å². The standard InChI is InChI=1S/C49H31N3O/c1-3-12-32(13-4-1)33-22-24-34(25-23-33)35-26-28-38(29-27-35)47-50-48(43-20-11-19-42-41-18-9-10-21-44(41)53-46(42)43)52-49(51-47)45-39-17-8-7-16-37(39)30-31-40(45)36-14-5-2-6-15-36/h1-31H. The van der Waals surface area contributed by atoms with Gasteiger partial charge in [0.05, 0.1) is 5.56 Å². The average Bonchev–Trinajstić information content (AvgIpc) is 3.63. The summed E-state index contributed by atoms with van der Waals surface area (Å²) in [5.74, 6) is 1.76. The molecule has 0 spiro atoms. The lowest BCUT2D eigenvalue weighted by atomic mass is 9.93. The van der Waals surface area contributed by atoms with Crippen molar-refractivity contribution in [1.82, 2.24) is 15.0 Å². The summed E-state index contributed by atoms with van der Waals surface area (Å²) >= 11 is 0. The van der Waals surface area contributed by atoms with Gasteiger partial charge in [0, 0.05) is 21.9 Å². The van der Waals surface area contributed by atoms with E-state index in [9.17, 15) is 0 Å². The van der Waals surface area contributed by atoms with Crippen LogP contribution in [0.2, 0.25) is 0 Å². The van der Waals surface area contributed by atoms with Crippen LogP contribution in [0.4, 0.5) is 0 Å². The molecule has 0 aliphatic heterocycles. The summed E-state index contributed by atoms with van der Waals surface area (Å²) in [6.07, 6.45) is 0. The molecular weight excluding hydrogens is 647 g/mol. The fraction of sp³-hybridized carbons (Fsp3) is 0. The number of benzene rings is 8. The summed E-state index contributed by atoms with van der Waals surface area (Å²) in [4.78, 5) is 15.7. The lowest BCUT2D eigenvalue weighted by molar-refractivity contribution is 0.669. The van der Waals surface area contributed by atoms with Crippen molar-refractivity contribution in [3.05, 3.63) is 188 Å². The van der Waals surface area contributed by atoms with E-state index in [1.165, 1.54) is 11.1 Å². The number of nitrogens with zero attached hydrogens (tertiary/aromatic N) is 3. The molecule has 0 unspecified atom stereocenters. The SMILES string of the molecule is c1ccc(-c2ccc(-c3ccc(-c4nc(-c5c(-c6ccccc6)ccc6ccccc56)nc(-c5cccc6c5oc5ccccc56)n4)cc3)cc2)cc1. The quantitative estimate of drug-likeness (QED) is 0.176. The number of aromatic nitrogens is 3. The fourth-order valence-corrected chi connectivity index (χ4v) is 7.33. The number of rotatable bonds is 6. The van der Waals surface area contributed by atoms with Crippen molar-refractivity contribution in [1.29, 1.82) is 0 Å². The van der Waals surface area contributed by atoms with Gasteiger partial charge in [0.2, 0.25) is 0 Å². The van der Waals surface area contributed by atoms with Crippen LogP contribution in [-0.2, 0) is 0 Å². The highest BCUT2D eigenvalue weighted by Crippen LogP contribution is 2.40. The van der Waals surface area contributed by atoms with Gasteiger partial charge in [-0.25, -0.2) is 15.0 Å². The third kappa shape index (κ3) is 5.54. The van der Waals surface area contributed by atoms with Crippen molar-refractivity contribution < 1.29 is 4.42 Å².